The molecule has 1 aromatic heterocycles. The summed E-state index contributed by atoms with van der Waals surface area (Å²) in [6.07, 6.45) is 6.35. The van der Waals surface area contributed by atoms with Gasteiger partial charge in [0.1, 0.15) is 11.6 Å². The topological polar surface area (TPSA) is 42.1 Å². The van der Waals surface area contributed by atoms with Gasteiger partial charge in [-0.1, -0.05) is 31.0 Å². The molecule has 116 valence electrons. The highest BCUT2D eigenvalue weighted by Crippen LogP contribution is 2.32. The fraction of sp³-hybridized carbons (Fsp3) is 0.389. The van der Waals surface area contributed by atoms with Gasteiger partial charge < -0.3 is 5.73 Å². The van der Waals surface area contributed by atoms with Crippen LogP contribution in [0.15, 0.2) is 42.6 Å². The molecule has 4 heteroatoms. The first kappa shape index (κ1) is 15.0. The number of nitrogens with two attached hydrogens (primary N) is 1. The zero-order chi connectivity index (χ0) is 15.4. The summed E-state index contributed by atoms with van der Waals surface area (Å²) in [5.74, 6) is 0.423. The van der Waals surface area contributed by atoms with Crippen LogP contribution in [0, 0.1) is 5.82 Å². The SMILES string of the molecule is Nc1ncccc1CN1CCCCC[C@H]1c1cccc(F)c1. The van der Waals surface area contributed by atoms with Gasteiger partial charge in [0.2, 0.25) is 0 Å². The molecule has 2 heterocycles. The Morgan fingerprint density at radius 1 is 1.18 bits per heavy atom. The van der Waals surface area contributed by atoms with Gasteiger partial charge >= 0.3 is 0 Å². The zero-order valence-electron chi connectivity index (χ0n) is 12.7. The lowest BCUT2D eigenvalue weighted by molar-refractivity contribution is 0.192. The molecule has 0 saturated carbocycles. The molecule has 3 rings (SSSR count). The smallest absolute Gasteiger partial charge is 0.127 e. The number of rotatable bonds is 3. The number of likely N-dealkylation sites (tertiary alicyclic amines) is 1. The average Bonchev–Trinajstić information content (AvgIpc) is 2.75. The van der Waals surface area contributed by atoms with E-state index in [0.29, 0.717) is 5.82 Å². The second kappa shape index (κ2) is 6.88. The second-order valence-corrected chi connectivity index (χ2v) is 5.94. The molecular weight excluding hydrogens is 277 g/mol. The van der Waals surface area contributed by atoms with Crippen LogP contribution in [0.3, 0.4) is 0 Å². The molecule has 1 saturated heterocycles. The lowest BCUT2D eigenvalue weighted by Crippen LogP contribution is -2.28. The number of benzene rings is 1. The van der Waals surface area contributed by atoms with E-state index in [1.807, 2.05) is 18.2 Å². The first-order chi connectivity index (χ1) is 10.7. The highest BCUT2D eigenvalue weighted by atomic mass is 19.1. The van der Waals surface area contributed by atoms with E-state index in [0.717, 1.165) is 30.6 Å². The molecular formula is C18H22FN3. The largest absolute Gasteiger partial charge is 0.383 e. The Kier molecular flexibility index (Phi) is 4.68. The third-order valence-electron chi connectivity index (χ3n) is 4.40. The number of halogens is 1. The molecule has 0 bridgehead atoms. The number of aromatic nitrogens is 1. The van der Waals surface area contributed by atoms with Crippen LogP contribution in [-0.2, 0) is 6.54 Å². The summed E-state index contributed by atoms with van der Waals surface area (Å²) in [7, 11) is 0. The third-order valence-corrected chi connectivity index (χ3v) is 4.40. The number of anilines is 1. The highest BCUT2D eigenvalue weighted by Gasteiger charge is 2.23. The van der Waals surface area contributed by atoms with Crippen molar-refractivity contribution in [1.29, 1.82) is 0 Å². The standard InChI is InChI=1S/C18H22FN3/c19-16-8-4-6-14(12-16)17-9-2-1-3-11-22(17)13-15-7-5-10-21-18(15)20/h4-8,10,12,17H,1-3,9,11,13H2,(H2,20,21)/t17-/m0/s1. The summed E-state index contributed by atoms with van der Waals surface area (Å²) < 4.78 is 13.6. The summed E-state index contributed by atoms with van der Waals surface area (Å²) in [6, 6.07) is 11.2. The van der Waals surface area contributed by atoms with Crippen LogP contribution >= 0.6 is 0 Å². The minimum absolute atomic E-state index is 0.164. The number of hydrogen-bond acceptors (Lipinski definition) is 3. The molecule has 1 atom stereocenters. The molecule has 0 amide bonds. The molecule has 0 aliphatic carbocycles. The fourth-order valence-corrected chi connectivity index (χ4v) is 3.25. The molecule has 2 N–H and O–H groups in total. The minimum Gasteiger partial charge on any atom is -0.383 e. The molecule has 2 aromatic rings. The molecule has 0 radical (unpaired) electrons. The van der Waals surface area contributed by atoms with Crippen LogP contribution in [0.5, 0.6) is 0 Å². The Morgan fingerprint density at radius 2 is 2.09 bits per heavy atom. The van der Waals surface area contributed by atoms with Gasteiger partial charge in [-0.3, -0.25) is 4.90 Å². The maximum absolute atomic E-state index is 13.6. The van der Waals surface area contributed by atoms with Crippen molar-refractivity contribution >= 4 is 5.82 Å². The van der Waals surface area contributed by atoms with Gasteiger partial charge in [0.15, 0.2) is 0 Å². The molecule has 0 unspecified atom stereocenters. The van der Waals surface area contributed by atoms with Crippen LogP contribution in [-0.4, -0.2) is 16.4 Å². The van der Waals surface area contributed by atoms with Crippen molar-refractivity contribution in [3.63, 3.8) is 0 Å². The second-order valence-electron chi connectivity index (χ2n) is 5.94. The van der Waals surface area contributed by atoms with Crippen LogP contribution in [0.4, 0.5) is 10.2 Å². The number of pyridine rings is 1. The predicted octanol–water partition coefficient (Wildman–Crippen LogP) is 3.92. The van der Waals surface area contributed by atoms with Crippen molar-refractivity contribution in [2.75, 3.05) is 12.3 Å². The van der Waals surface area contributed by atoms with E-state index in [-0.39, 0.29) is 11.9 Å². The van der Waals surface area contributed by atoms with Crippen LogP contribution < -0.4 is 5.73 Å². The van der Waals surface area contributed by atoms with Crippen molar-refractivity contribution in [3.05, 3.63) is 59.5 Å². The average molecular weight is 299 g/mol. The summed E-state index contributed by atoms with van der Waals surface area (Å²) in [6.45, 7) is 1.77. The fourth-order valence-electron chi connectivity index (χ4n) is 3.25. The van der Waals surface area contributed by atoms with E-state index < -0.39 is 0 Å². The molecule has 3 nitrogen and oxygen atoms in total. The Balaban J connectivity index is 1.86. The van der Waals surface area contributed by atoms with Gasteiger partial charge in [-0.2, -0.15) is 0 Å². The van der Waals surface area contributed by atoms with Crippen LogP contribution in [0.25, 0.3) is 0 Å². The summed E-state index contributed by atoms with van der Waals surface area (Å²) >= 11 is 0. The molecule has 1 aromatic carbocycles. The Bertz CT molecular complexity index is 629. The lowest BCUT2D eigenvalue weighted by atomic mass is 10.00. The van der Waals surface area contributed by atoms with E-state index in [2.05, 4.69) is 9.88 Å². The lowest BCUT2D eigenvalue weighted by Gasteiger charge is -2.30. The van der Waals surface area contributed by atoms with Crippen LogP contribution in [0.1, 0.15) is 42.9 Å². The maximum Gasteiger partial charge on any atom is 0.127 e. The number of nitrogen functional groups attached to an aromatic ring is 1. The van der Waals surface area contributed by atoms with Crippen molar-refractivity contribution in [1.82, 2.24) is 9.88 Å². The number of hydrogen-bond donors (Lipinski definition) is 1. The van der Waals surface area contributed by atoms with Gasteiger partial charge in [0.25, 0.3) is 0 Å². The van der Waals surface area contributed by atoms with Gasteiger partial charge in [0, 0.05) is 24.3 Å². The summed E-state index contributed by atoms with van der Waals surface area (Å²) in [5, 5.41) is 0. The highest BCUT2D eigenvalue weighted by molar-refractivity contribution is 5.38. The normalized spacial score (nSPS) is 19.8. The molecule has 22 heavy (non-hydrogen) atoms. The summed E-state index contributed by atoms with van der Waals surface area (Å²) in [5.41, 5.74) is 8.09. The summed E-state index contributed by atoms with van der Waals surface area (Å²) in [4.78, 5) is 6.58. The van der Waals surface area contributed by atoms with E-state index >= 15 is 0 Å². The van der Waals surface area contributed by atoms with Crippen molar-refractivity contribution in [2.45, 2.75) is 38.3 Å². The maximum atomic E-state index is 13.6. The van der Waals surface area contributed by atoms with Gasteiger partial charge in [-0.05, 0) is 43.1 Å². The van der Waals surface area contributed by atoms with E-state index in [9.17, 15) is 4.39 Å². The van der Waals surface area contributed by atoms with Gasteiger partial charge in [-0.15, -0.1) is 0 Å². The Labute approximate surface area is 131 Å². The Hall–Kier alpha value is -1.94. The monoisotopic (exact) mass is 299 g/mol. The Morgan fingerprint density at radius 3 is 2.91 bits per heavy atom. The quantitative estimate of drug-likeness (QED) is 0.934. The van der Waals surface area contributed by atoms with Crippen molar-refractivity contribution in [3.8, 4) is 0 Å². The van der Waals surface area contributed by atoms with E-state index in [1.165, 1.54) is 25.3 Å². The van der Waals surface area contributed by atoms with Crippen molar-refractivity contribution < 1.29 is 4.39 Å². The predicted molar refractivity (Wildman–Crippen MR) is 86.7 cm³/mol. The molecule has 1 aliphatic rings. The van der Waals surface area contributed by atoms with Crippen LogP contribution in [0.2, 0.25) is 0 Å². The molecule has 1 aliphatic heterocycles. The third kappa shape index (κ3) is 3.45. The first-order valence-corrected chi connectivity index (χ1v) is 7.93. The van der Waals surface area contributed by atoms with Gasteiger partial charge in [-0.25, -0.2) is 9.37 Å². The minimum atomic E-state index is -0.164. The first-order valence-electron chi connectivity index (χ1n) is 7.93. The molecule has 0 spiro atoms. The zero-order valence-corrected chi connectivity index (χ0v) is 12.7. The van der Waals surface area contributed by atoms with E-state index in [4.69, 9.17) is 5.73 Å². The molecule has 1 fully saturated rings. The van der Waals surface area contributed by atoms with Crippen molar-refractivity contribution in [2.24, 2.45) is 0 Å². The number of nitrogens with zero attached hydrogens (tertiary/aromatic N) is 2. The van der Waals surface area contributed by atoms with E-state index in [1.54, 1.807) is 18.3 Å². The van der Waals surface area contributed by atoms with Gasteiger partial charge in [0.05, 0.1) is 0 Å².